The fourth-order valence-electron chi connectivity index (χ4n) is 2.19. The van der Waals surface area contributed by atoms with Crippen LogP contribution in [0.5, 0.6) is 0 Å². The van der Waals surface area contributed by atoms with Crippen LogP contribution < -0.4 is 27.4 Å². The zero-order valence-electron chi connectivity index (χ0n) is 15.6. The summed E-state index contributed by atoms with van der Waals surface area (Å²) in [5.74, 6) is -1.11. The minimum absolute atomic E-state index is 0.0328. The maximum atomic E-state index is 12.1. The standard InChI is InChI=1S/C16H30N6O4/c1-10(2)7-13(21-11(3)24)15(26)20-8-14(25)22-12(9-23)5-4-6-19-16(17)18/h9-10,12-13H,4-8H2,1-3H3,(H,20,26)(H,21,24)(H,22,25)(H4,17,18,19). The average molecular weight is 370 g/mol. The molecule has 0 fully saturated rings. The maximum Gasteiger partial charge on any atom is 0.243 e. The van der Waals surface area contributed by atoms with E-state index in [4.69, 9.17) is 11.5 Å². The van der Waals surface area contributed by atoms with Crippen LogP contribution in [0.3, 0.4) is 0 Å². The Hall–Kier alpha value is -2.65. The molecule has 0 aliphatic carbocycles. The number of hydrogen-bond donors (Lipinski definition) is 5. The molecule has 3 amide bonds. The second kappa shape index (κ2) is 12.7. The first-order chi connectivity index (χ1) is 12.1. The number of aldehydes is 1. The Morgan fingerprint density at radius 3 is 2.31 bits per heavy atom. The molecule has 148 valence electrons. The van der Waals surface area contributed by atoms with E-state index >= 15 is 0 Å². The van der Waals surface area contributed by atoms with E-state index in [-0.39, 0.29) is 24.3 Å². The van der Waals surface area contributed by atoms with E-state index in [1.807, 2.05) is 13.8 Å². The maximum absolute atomic E-state index is 12.1. The van der Waals surface area contributed by atoms with Gasteiger partial charge in [0.05, 0.1) is 12.6 Å². The molecule has 10 heteroatoms. The minimum atomic E-state index is -0.707. The van der Waals surface area contributed by atoms with Crippen LogP contribution in [-0.4, -0.2) is 55.1 Å². The number of rotatable bonds is 12. The summed E-state index contributed by atoms with van der Waals surface area (Å²) in [6.45, 7) is 5.24. The molecule has 2 atom stereocenters. The van der Waals surface area contributed by atoms with Crippen molar-refractivity contribution in [2.75, 3.05) is 13.1 Å². The van der Waals surface area contributed by atoms with Gasteiger partial charge in [-0.2, -0.15) is 0 Å². The zero-order chi connectivity index (χ0) is 20.1. The summed E-state index contributed by atoms with van der Waals surface area (Å²) in [7, 11) is 0. The first-order valence-corrected chi connectivity index (χ1v) is 8.50. The van der Waals surface area contributed by atoms with Crippen molar-refractivity contribution in [3.63, 3.8) is 0 Å². The number of amides is 3. The third kappa shape index (κ3) is 11.8. The molecule has 0 saturated heterocycles. The summed E-state index contributed by atoms with van der Waals surface area (Å²) < 4.78 is 0. The number of carbonyl (C=O) groups is 4. The van der Waals surface area contributed by atoms with Gasteiger partial charge in [-0.05, 0) is 25.2 Å². The molecule has 0 aromatic heterocycles. The SMILES string of the molecule is CC(=O)NC(CC(C)C)C(=O)NCC(=O)NC(C=O)CCCN=C(N)N. The molecule has 26 heavy (non-hydrogen) atoms. The number of nitrogens with zero attached hydrogens (tertiary/aromatic N) is 1. The van der Waals surface area contributed by atoms with Gasteiger partial charge in [-0.25, -0.2) is 0 Å². The number of guanidine groups is 1. The number of nitrogens with one attached hydrogen (secondary N) is 3. The Kier molecular flexibility index (Phi) is 11.4. The molecule has 0 aromatic rings. The van der Waals surface area contributed by atoms with E-state index in [2.05, 4.69) is 20.9 Å². The third-order valence-corrected chi connectivity index (χ3v) is 3.30. The summed E-state index contributed by atoms with van der Waals surface area (Å²) in [4.78, 5) is 50.0. The zero-order valence-corrected chi connectivity index (χ0v) is 15.6. The lowest BCUT2D eigenvalue weighted by Crippen LogP contribution is -2.50. The fraction of sp³-hybridized carbons (Fsp3) is 0.688. The lowest BCUT2D eigenvalue weighted by atomic mass is 10.0. The van der Waals surface area contributed by atoms with E-state index in [0.29, 0.717) is 32.1 Å². The van der Waals surface area contributed by atoms with Crippen molar-refractivity contribution < 1.29 is 19.2 Å². The van der Waals surface area contributed by atoms with Crippen molar-refractivity contribution in [2.24, 2.45) is 22.4 Å². The van der Waals surface area contributed by atoms with Crippen molar-refractivity contribution in [1.29, 1.82) is 0 Å². The Labute approximate surface area is 153 Å². The van der Waals surface area contributed by atoms with Crippen LogP contribution in [0.4, 0.5) is 0 Å². The quantitative estimate of drug-likeness (QED) is 0.120. The topological polar surface area (TPSA) is 169 Å². The van der Waals surface area contributed by atoms with Crippen molar-refractivity contribution in [2.45, 2.75) is 52.1 Å². The van der Waals surface area contributed by atoms with Crippen molar-refractivity contribution in [1.82, 2.24) is 16.0 Å². The normalized spacial score (nSPS) is 12.6. The first kappa shape index (κ1) is 23.4. The van der Waals surface area contributed by atoms with Crippen LogP contribution in [0.2, 0.25) is 0 Å². The van der Waals surface area contributed by atoms with E-state index in [0.717, 1.165) is 0 Å². The highest BCUT2D eigenvalue weighted by Crippen LogP contribution is 2.05. The van der Waals surface area contributed by atoms with Gasteiger partial charge < -0.3 is 32.2 Å². The van der Waals surface area contributed by atoms with E-state index in [9.17, 15) is 19.2 Å². The Morgan fingerprint density at radius 2 is 1.81 bits per heavy atom. The minimum Gasteiger partial charge on any atom is -0.370 e. The molecule has 0 aliphatic rings. The molecule has 7 N–H and O–H groups in total. The molecule has 0 heterocycles. The molecule has 0 bridgehead atoms. The molecule has 0 aromatic carbocycles. The first-order valence-electron chi connectivity index (χ1n) is 8.50. The molecular weight excluding hydrogens is 340 g/mol. The van der Waals surface area contributed by atoms with Crippen LogP contribution >= 0.6 is 0 Å². The van der Waals surface area contributed by atoms with Gasteiger partial charge in [0, 0.05) is 13.5 Å². The highest BCUT2D eigenvalue weighted by Gasteiger charge is 2.21. The van der Waals surface area contributed by atoms with Gasteiger partial charge in [0.15, 0.2) is 5.96 Å². The van der Waals surface area contributed by atoms with Crippen LogP contribution in [0.25, 0.3) is 0 Å². The second-order valence-electron chi connectivity index (χ2n) is 6.36. The summed E-state index contributed by atoms with van der Waals surface area (Å²) in [6.07, 6.45) is 1.97. The second-order valence-corrected chi connectivity index (χ2v) is 6.36. The molecule has 0 saturated carbocycles. The van der Waals surface area contributed by atoms with Crippen molar-refractivity contribution in [3.05, 3.63) is 0 Å². The van der Waals surface area contributed by atoms with Gasteiger partial charge in [0.25, 0.3) is 0 Å². The Bertz CT molecular complexity index is 517. The number of carbonyl (C=O) groups excluding carboxylic acids is 4. The molecule has 10 nitrogen and oxygen atoms in total. The van der Waals surface area contributed by atoms with Crippen molar-refractivity contribution >= 4 is 30.0 Å². The van der Waals surface area contributed by atoms with Crippen LogP contribution in [-0.2, 0) is 19.2 Å². The highest BCUT2D eigenvalue weighted by atomic mass is 16.2. The predicted octanol–water partition coefficient (Wildman–Crippen LogP) is -1.61. The summed E-state index contributed by atoms with van der Waals surface area (Å²) in [5, 5.41) is 7.54. The lowest BCUT2D eigenvalue weighted by Gasteiger charge is -2.19. The van der Waals surface area contributed by atoms with Gasteiger partial charge >= 0.3 is 0 Å². The van der Waals surface area contributed by atoms with Crippen LogP contribution in [0, 0.1) is 5.92 Å². The smallest absolute Gasteiger partial charge is 0.243 e. The Morgan fingerprint density at radius 1 is 1.15 bits per heavy atom. The number of aliphatic imine (C=N–C) groups is 1. The van der Waals surface area contributed by atoms with Gasteiger partial charge in [0.1, 0.15) is 12.3 Å². The monoisotopic (exact) mass is 370 g/mol. The largest absolute Gasteiger partial charge is 0.370 e. The van der Waals surface area contributed by atoms with E-state index < -0.39 is 23.9 Å². The molecule has 0 spiro atoms. The molecule has 0 rings (SSSR count). The molecular formula is C16H30N6O4. The summed E-state index contributed by atoms with van der Waals surface area (Å²) >= 11 is 0. The van der Waals surface area contributed by atoms with E-state index in [1.54, 1.807) is 0 Å². The molecule has 0 aliphatic heterocycles. The van der Waals surface area contributed by atoms with Crippen LogP contribution in [0.15, 0.2) is 4.99 Å². The van der Waals surface area contributed by atoms with Gasteiger partial charge in [-0.15, -0.1) is 0 Å². The summed E-state index contributed by atoms with van der Waals surface area (Å²) in [5.41, 5.74) is 10.4. The average Bonchev–Trinajstić information content (AvgIpc) is 2.53. The highest BCUT2D eigenvalue weighted by molar-refractivity contribution is 5.90. The lowest BCUT2D eigenvalue weighted by molar-refractivity contribution is -0.130. The van der Waals surface area contributed by atoms with Crippen LogP contribution in [0.1, 0.15) is 40.0 Å². The number of nitrogens with two attached hydrogens (primary N) is 2. The molecule has 0 radical (unpaired) electrons. The fourth-order valence-corrected chi connectivity index (χ4v) is 2.19. The van der Waals surface area contributed by atoms with Crippen molar-refractivity contribution in [3.8, 4) is 0 Å². The van der Waals surface area contributed by atoms with Gasteiger partial charge in [-0.1, -0.05) is 13.8 Å². The van der Waals surface area contributed by atoms with Gasteiger partial charge in [0.2, 0.25) is 17.7 Å². The van der Waals surface area contributed by atoms with Gasteiger partial charge in [-0.3, -0.25) is 19.4 Å². The summed E-state index contributed by atoms with van der Waals surface area (Å²) in [6, 6.07) is -1.39. The molecule has 2 unspecified atom stereocenters. The predicted molar refractivity (Wildman–Crippen MR) is 98.0 cm³/mol. The number of hydrogen-bond acceptors (Lipinski definition) is 5. The van der Waals surface area contributed by atoms with E-state index in [1.165, 1.54) is 6.92 Å². The third-order valence-electron chi connectivity index (χ3n) is 3.30. The Balaban J connectivity index is 4.38.